The Morgan fingerprint density at radius 3 is 2.60 bits per heavy atom. The van der Waals surface area contributed by atoms with Crippen LogP contribution in [0, 0.1) is 0 Å². The molecule has 0 aromatic heterocycles. The molecular formula is C16H22N2O2. The Morgan fingerprint density at radius 2 is 2.00 bits per heavy atom. The molecule has 0 aliphatic carbocycles. The van der Waals surface area contributed by atoms with Crippen molar-refractivity contribution in [3.63, 3.8) is 0 Å². The molecule has 3 rings (SSSR count). The highest BCUT2D eigenvalue weighted by atomic mass is 16.3. The number of primary amides is 1. The zero-order valence-electron chi connectivity index (χ0n) is 11.7. The second-order valence-electron chi connectivity index (χ2n) is 6.00. The first-order chi connectivity index (χ1) is 9.69. The van der Waals surface area contributed by atoms with Crippen molar-refractivity contribution in [2.75, 3.05) is 13.2 Å². The fourth-order valence-electron chi connectivity index (χ4n) is 3.97. The van der Waals surface area contributed by atoms with Gasteiger partial charge >= 0.3 is 0 Å². The zero-order valence-corrected chi connectivity index (χ0v) is 11.7. The van der Waals surface area contributed by atoms with Crippen LogP contribution < -0.4 is 5.73 Å². The lowest BCUT2D eigenvalue weighted by Crippen LogP contribution is -2.43. The van der Waals surface area contributed by atoms with E-state index in [0.717, 1.165) is 19.4 Å². The highest BCUT2D eigenvalue weighted by Crippen LogP contribution is 2.42. The minimum Gasteiger partial charge on any atom is -0.395 e. The van der Waals surface area contributed by atoms with Gasteiger partial charge in [-0.25, -0.2) is 0 Å². The number of hydrogen-bond donors (Lipinski definition) is 2. The standard InChI is InChI=1S/C16H22N2O2/c17-16(20)12-3-1-2-11(8-12)13-9-14-4-5-15(10-13)18(14)6-7-19/h1-3,8,13-15,19H,4-7,9-10H2,(H2,17,20). The third kappa shape index (κ3) is 2.45. The highest BCUT2D eigenvalue weighted by molar-refractivity contribution is 5.92. The molecule has 0 spiro atoms. The van der Waals surface area contributed by atoms with Crippen LogP contribution >= 0.6 is 0 Å². The predicted octanol–water partition coefficient (Wildman–Crippen LogP) is 1.49. The molecule has 1 amide bonds. The smallest absolute Gasteiger partial charge is 0.248 e. The molecule has 2 aliphatic rings. The van der Waals surface area contributed by atoms with E-state index in [-0.39, 0.29) is 12.5 Å². The fraction of sp³-hybridized carbons (Fsp3) is 0.562. The Bertz CT molecular complexity index is 489. The van der Waals surface area contributed by atoms with Crippen LogP contribution in [-0.2, 0) is 0 Å². The van der Waals surface area contributed by atoms with Gasteiger partial charge in [0.25, 0.3) is 0 Å². The molecule has 4 heteroatoms. The molecule has 20 heavy (non-hydrogen) atoms. The van der Waals surface area contributed by atoms with Crippen molar-refractivity contribution in [1.82, 2.24) is 4.90 Å². The Labute approximate surface area is 119 Å². The zero-order chi connectivity index (χ0) is 14.1. The highest BCUT2D eigenvalue weighted by Gasteiger charge is 2.40. The molecule has 1 aromatic carbocycles. The van der Waals surface area contributed by atoms with E-state index in [1.54, 1.807) is 6.07 Å². The summed E-state index contributed by atoms with van der Waals surface area (Å²) in [5, 5.41) is 9.17. The van der Waals surface area contributed by atoms with E-state index >= 15 is 0 Å². The number of hydrogen-bond acceptors (Lipinski definition) is 3. The molecule has 2 saturated heterocycles. The van der Waals surface area contributed by atoms with Gasteiger partial charge in [-0.1, -0.05) is 12.1 Å². The number of rotatable bonds is 4. The maximum atomic E-state index is 11.3. The van der Waals surface area contributed by atoms with Crippen molar-refractivity contribution in [2.24, 2.45) is 5.73 Å². The number of piperidine rings is 1. The Morgan fingerprint density at radius 1 is 1.30 bits per heavy atom. The lowest BCUT2D eigenvalue weighted by Gasteiger charge is -2.39. The molecule has 2 unspecified atom stereocenters. The summed E-state index contributed by atoms with van der Waals surface area (Å²) in [6.07, 6.45) is 4.71. The van der Waals surface area contributed by atoms with Gasteiger partial charge in [-0.2, -0.15) is 0 Å². The van der Waals surface area contributed by atoms with Crippen LogP contribution in [0.15, 0.2) is 24.3 Å². The first-order valence-electron chi connectivity index (χ1n) is 7.45. The van der Waals surface area contributed by atoms with Gasteiger partial charge in [0.2, 0.25) is 5.91 Å². The van der Waals surface area contributed by atoms with Gasteiger partial charge in [0.1, 0.15) is 0 Å². The molecule has 2 atom stereocenters. The van der Waals surface area contributed by atoms with Gasteiger partial charge in [-0.05, 0) is 49.3 Å². The van der Waals surface area contributed by atoms with E-state index in [0.29, 0.717) is 23.6 Å². The maximum absolute atomic E-state index is 11.3. The molecule has 2 bridgehead atoms. The summed E-state index contributed by atoms with van der Waals surface area (Å²) in [5.74, 6) is 0.161. The number of carbonyl (C=O) groups excluding carboxylic acids is 1. The molecule has 3 N–H and O–H groups in total. The van der Waals surface area contributed by atoms with Gasteiger partial charge in [0.05, 0.1) is 6.61 Å². The van der Waals surface area contributed by atoms with E-state index in [4.69, 9.17) is 10.8 Å². The summed E-state index contributed by atoms with van der Waals surface area (Å²) in [5.41, 5.74) is 7.21. The van der Waals surface area contributed by atoms with Crippen molar-refractivity contribution in [3.05, 3.63) is 35.4 Å². The summed E-state index contributed by atoms with van der Waals surface area (Å²) < 4.78 is 0. The summed E-state index contributed by atoms with van der Waals surface area (Å²) in [6, 6.07) is 8.94. The third-order valence-electron chi connectivity index (χ3n) is 4.89. The molecule has 0 saturated carbocycles. The molecule has 108 valence electrons. The lowest BCUT2D eigenvalue weighted by atomic mass is 9.84. The quantitative estimate of drug-likeness (QED) is 0.874. The second kappa shape index (κ2) is 5.54. The molecule has 4 nitrogen and oxygen atoms in total. The number of benzene rings is 1. The summed E-state index contributed by atoms with van der Waals surface area (Å²) in [7, 11) is 0. The Balaban J connectivity index is 1.77. The van der Waals surface area contributed by atoms with Crippen LogP contribution in [0.25, 0.3) is 0 Å². The normalized spacial score (nSPS) is 29.6. The first-order valence-corrected chi connectivity index (χ1v) is 7.45. The van der Waals surface area contributed by atoms with E-state index in [1.165, 1.54) is 18.4 Å². The van der Waals surface area contributed by atoms with Gasteiger partial charge in [-0.3, -0.25) is 9.69 Å². The molecular weight excluding hydrogens is 252 g/mol. The summed E-state index contributed by atoms with van der Waals surface area (Å²) in [4.78, 5) is 13.8. The van der Waals surface area contributed by atoms with Crippen molar-refractivity contribution in [2.45, 2.75) is 43.7 Å². The number of aliphatic hydroxyl groups is 1. The summed E-state index contributed by atoms with van der Waals surface area (Å²) >= 11 is 0. The molecule has 2 heterocycles. The predicted molar refractivity (Wildman–Crippen MR) is 77.5 cm³/mol. The number of fused-ring (bicyclic) bond motifs is 2. The van der Waals surface area contributed by atoms with E-state index < -0.39 is 0 Å². The monoisotopic (exact) mass is 274 g/mol. The molecule has 0 radical (unpaired) electrons. The van der Waals surface area contributed by atoms with Gasteiger partial charge in [0.15, 0.2) is 0 Å². The van der Waals surface area contributed by atoms with E-state index in [2.05, 4.69) is 11.0 Å². The fourth-order valence-corrected chi connectivity index (χ4v) is 3.97. The third-order valence-corrected chi connectivity index (χ3v) is 4.89. The average molecular weight is 274 g/mol. The first kappa shape index (κ1) is 13.6. The minimum absolute atomic E-state index is 0.245. The number of nitrogens with two attached hydrogens (primary N) is 1. The number of carbonyl (C=O) groups is 1. The van der Waals surface area contributed by atoms with Gasteiger partial charge < -0.3 is 10.8 Å². The topological polar surface area (TPSA) is 66.6 Å². The lowest BCUT2D eigenvalue weighted by molar-refractivity contribution is 0.0990. The van der Waals surface area contributed by atoms with Crippen molar-refractivity contribution in [1.29, 1.82) is 0 Å². The van der Waals surface area contributed by atoms with Gasteiger partial charge in [-0.15, -0.1) is 0 Å². The Hall–Kier alpha value is -1.39. The van der Waals surface area contributed by atoms with Crippen LogP contribution in [-0.4, -0.2) is 41.1 Å². The SMILES string of the molecule is NC(=O)c1cccc(C2CC3CCC(C2)N3CCO)c1. The van der Waals surface area contributed by atoms with Crippen LogP contribution in [0.4, 0.5) is 0 Å². The maximum Gasteiger partial charge on any atom is 0.248 e. The van der Waals surface area contributed by atoms with Crippen molar-refractivity contribution in [3.8, 4) is 0 Å². The average Bonchev–Trinajstić information content (AvgIpc) is 2.70. The summed E-state index contributed by atoms with van der Waals surface area (Å²) in [6.45, 7) is 1.04. The molecule has 1 aromatic rings. The van der Waals surface area contributed by atoms with Crippen molar-refractivity contribution >= 4 is 5.91 Å². The number of amides is 1. The Kier molecular flexibility index (Phi) is 3.76. The van der Waals surface area contributed by atoms with E-state index in [1.807, 2.05) is 12.1 Å². The second-order valence-corrected chi connectivity index (χ2v) is 6.00. The van der Waals surface area contributed by atoms with Crippen LogP contribution in [0.5, 0.6) is 0 Å². The van der Waals surface area contributed by atoms with Crippen LogP contribution in [0.2, 0.25) is 0 Å². The number of aliphatic hydroxyl groups excluding tert-OH is 1. The van der Waals surface area contributed by atoms with Crippen LogP contribution in [0.3, 0.4) is 0 Å². The van der Waals surface area contributed by atoms with Gasteiger partial charge in [0, 0.05) is 24.2 Å². The number of nitrogens with zero attached hydrogens (tertiary/aromatic N) is 1. The van der Waals surface area contributed by atoms with E-state index in [9.17, 15) is 4.79 Å². The molecule has 2 fully saturated rings. The van der Waals surface area contributed by atoms with Crippen LogP contribution in [0.1, 0.15) is 47.5 Å². The largest absolute Gasteiger partial charge is 0.395 e. The molecule has 2 aliphatic heterocycles. The minimum atomic E-state index is -0.354. The van der Waals surface area contributed by atoms with Crippen molar-refractivity contribution < 1.29 is 9.90 Å².